The lowest BCUT2D eigenvalue weighted by atomic mass is 9.89. The lowest BCUT2D eigenvalue weighted by Crippen LogP contribution is -2.50. The lowest BCUT2D eigenvalue weighted by Gasteiger charge is -2.38. The van der Waals surface area contributed by atoms with Crippen LogP contribution in [0, 0.1) is 5.92 Å². The highest BCUT2D eigenvalue weighted by molar-refractivity contribution is 6.30. The predicted molar refractivity (Wildman–Crippen MR) is 117 cm³/mol. The highest BCUT2D eigenvalue weighted by Gasteiger charge is 2.47. The van der Waals surface area contributed by atoms with Crippen molar-refractivity contribution in [1.29, 1.82) is 0 Å². The van der Waals surface area contributed by atoms with Gasteiger partial charge in [0.05, 0.1) is 23.7 Å². The number of para-hydroxylation sites is 2. The molecule has 0 saturated carbocycles. The van der Waals surface area contributed by atoms with Crippen LogP contribution in [-0.2, 0) is 14.3 Å². The molecule has 2 heterocycles. The molecule has 4 rings (SSSR count). The highest BCUT2D eigenvalue weighted by atomic mass is 35.5. The Kier molecular flexibility index (Phi) is 5.77. The van der Waals surface area contributed by atoms with Crippen molar-refractivity contribution in [2.24, 2.45) is 5.92 Å². The number of halogens is 1. The number of carbonyl (C=O) groups excluding carboxylic acids is 2. The molecule has 0 saturated heterocycles. The third-order valence-electron chi connectivity index (χ3n) is 5.43. The first-order chi connectivity index (χ1) is 14.6. The van der Waals surface area contributed by atoms with Crippen molar-refractivity contribution in [3.05, 3.63) is 59.1 Å². The first-order valence-electron chi connectivity index (χ1n) is 10.3. The van der Waals surface area contributed by atoms with Crippen molar-refractivity contribution in [2.75, 3.05) is 18.1 Å². The summed E-state index contributed by atoms with van der Waals surface area (Å²) in [5, 5.41) is 0.592. The molecule has 0 fully saturated rings. The second-order valence-corrected chi connectivity index (χ2v) is 7.78. The van der Waals surface area contributed by atoms with Gasteiger partial charge in [0.15, 0.2) is 5.92 Å². The van der Waals surface area contributed by atoms with Crippen LogP contribution in [0.2, 0.25) is 5.02 Å². The fourth-order valence-corrected chi connectivity index (χ4v) is 4.16. The van der Waals surface area contributed by atoms with Gasteiger partial charge >= 0.3 is 5.97 Å². The molecule has 0 bridgehead atoms. The number of amides is 1. The summed E-state index contributed by atoms with van der Waals surface area (Å²) in [5.74, 6) is -1.22. The van der Waals surface area contributed by atoms with E-state index in [0.29, 0.717) is 17.5 Å². The van der Waals surface area contributed by atoms with Crippen molar-refractivity contribution < 1.29 is 14.3 Å². The number of ether oxygens (including phenoxy) is 1. The molecule has 1 aliphatic heterocycles. The van der Waals surface area contributed by atoms with Gasteiger partial charge in [-0.1, -0.05) is 49.2 Å². The Balaban J connectivity index is 1.97. The van der Waals surface area contributed by atoms with Gasteiger partial charge in [-0.05, 0) is 43.2 Å². The number of fused-ring (bicyclic) bond motifs is 3. The summed E-state index contributed by atoms with van der Waals surface area (Å²) < 4.78 is 7.33. The highest BCUT2D eigenvalue weighted by Crippen LogP contribution is 2.41. The molecule has 1 amide bonds. The van der Waals surface area contributed by atoms with Crippen LogP contribution in [-0.4, -0.2) is 34.6 Å². The van der Waals surface area contributed by atoms with Gasteiger partial charge in [-0.15, -0.1) is 0 Å². The zero-order chi connectivity index (χ0) is 21.3. The number of rotatable bonds is 6. The summed E-state index contributed by atoms with van der Waals surface area (Å²) in [5.41, 5.74) is 2.46. The van der Waals surface area contributed by atoms with Crippen molar-refractivity contribution >= 4 is 40.5 Å². The van der Waals surface area contributed by atoms with Gasteiger partial charge in [0.25, 0.3) is 0 Å². The van der Waals surface area contributed by atoms with E-state index in [1.807, 2.05) is 41.0 Å². The van der Waals surface area contributed by atoms with Gasteiger partial charge in [-0.3, -0.25) is 14.5 Å². The fourth-order valence-electron chi connectivity index (χ4n) is 4.04. The second kappa shape index (κ2) is 8.48. The van der Waals surface area contributed by atoms with E-state index in [9.17, 15) is 9.59 Å². The van der Waals surface area contributed by atoms with Crippen LogP contribution >= 0.6 is 11.6 Å². The van der Waals surface area contributed by atoms with Crippen molar-refractivity contribution in [3.63, 3.8) is 0 Å². The molecule has 0 unspecified atom stereocenters. The van der Waals surface area contributed by atoms with Crippen LogP contribution in [0.15, 0.2) is 48.5 Å². The Labute approximate surface area is 180 Å². The quantitative estimate of drug-likeness (QED) is 0.427. The number of esters is 1. The second-order valence-electron chi connectivity index (χ2n) is 7.34. The maximum Gasteiger partial charge on any atom is 0.321 e. The molecule has 0 spiro atoms. The average Bonchev–Trinajstić information content (AvgIpc) is 3.12. The molecule has 0 N–H and O–H groups in total. The first-order valence-corrected chi connectivity index (χ1v) is 10.6. The van der Waals surface area contributed by atoms with Crippen molar-refractivity contribution in [1.82, 2.24) is 9.55 Å². The Hall–Kier alpha value is -2.86. The zero-order valence-electron chi connectivity index (χ0n) is 17.0. The molecular weight excluding hydrogens is 402 g/mol. The Morgan fingerprint density at radius 3 is 2.57 bits per heavy atom. The number of anilines is 1. The minimum Gasteiger partial charge on any atom is -0.465 e. The Morgan fingerprint density at radius 2 is 1.87 bits per heavy atom. The van der Waals surface area contributed by atoms with Crippen LogP contribution in [0.4, 0.5) is 5.95 Å². The molecule has 2 aromatic carbocycles. The largest absolute Gasteiger partial charge is 0.465 e. The number of hydrogen-bond donors (Lipinski definition) is 0. The van der Waals surface area contributed by atoms with Gasteiger partial charge < -0.3 is 9.30 Å². The summed E-state index contributed by atoms with van der Waals surface area (Å²) in [6, 6.07) is 14.4. The SMILES string of the molecule is CCCCN1C(=O)[C@@H](C(=O)OCC)[C@H](c2ccc(Cl)cc2)n2c1nc1ccccc12. The van der Waals surface area contributed by atoms with E-state index >= 15 is 0 Å². The number of nitrogens with zero attached hydrogens (tertiary/aromatic N) is 3. The molecule has 0 radical (unpaired) electrons. The molecule has 0 aliphatic carbocycles. The van der Waals surface area contributed by atoms with E-state index < -0.39 is 17.9 Å². The predicted octanol–water partition coefficient (Wildman–Crippen LogP) is 4.61. The van der Waals surface area contributed by atoms with E-state index in [0.717, 1.165) is 29.4 Å². The molecule has 2 atom stereocenters. The molecule has 30 heavy (non-hydrogen) atoms. The molecule has 1 aromatic heterocycles. The maximum atomic E-state index is 13.6. The fraction of sp³-hybridized carbons (Fsp3) is 0.348. The van der Waals surface area contributed by atoms with Crippen LogP contribution in [0.3, 0.4) is 0 Å². The number of unbranched alkanes of at least 4 members (excludes halogenated alkanes) is 1. The minimum absolute atomic E-state index is 0.211. The monoisotopic (exact) mass is 425 g/mol. The Bertz CT molecular complexity index is 1080. The van der Waals surface area contributed by atoms with Crippen LogP contribution in [0.5, 0.6) is 0 Å². The van der Waals surface area contributed by atoms with Crippen molar-refractivity contribution in [3.8, 4) is 0 Å². The third kappa shape index (κ3) is 3.45. The Morgan fingerprint density at radius 1 is 1.13 bits per heavy atom. The lowest BCUT2D eigenvalue weighted by molar-refractivity contribution is -0.153. The van der Waals surface area contributed by atoms with Gasteiger partial charge in [-0.25, -0.2) is 4.98 Å². The number of carbonyl (C=O) groups is 2. The van der Waals surface area contributed by atoms with Crippen LogP contribution < -0.4 is 4.90 Å². The van der Waals surface area contributed by atoms with E-state index in [-0.39, 0.29) is 12.5 Å². The molecule has 3 aromatic rings. The normalized spacial score (nSPS) is 18.5. The van der Waals surface area contributed by atoms with Crippen LogP contribution in [0.25, 0.3) is 11.0 Å². The van der Waals surface area contributed by atoms with E-state index in [4.69, 9.17) is 21.3 Å². The molecule has 156 valence electrons. The average molecular weight is 426 g/mol. The number of hydrogen-bond acceptors (Lipinski definition) is 4. The van der Waals surface area contributed by atoms with Crippen LogP contribution in [0.1, 0.15) is 38.3 Å². The molecule has 6 nitrogen and oxygen atoms in total. The standard InChI is InChI=1S/C23H24ClN3O3/c1-3-5-14-26-21(28)19(22(29)30-4-2)20(15-10-12-16(24)13-11-15)27-18-9-7-6-8-17(18)25-23(26)27/h6-13,19-20H,3-5,14H2,1-2H3/t19-,20-/m0/s1. The maximum absolute atomic E-state index is 13.6. The smallest absolute Gasteiger partial charge is 0.321 e. The first kappa shape index (κ1) is 20.4. The third-order valence-corrected chi connectivity index (χ3v) is 5.68. The minimum atomic E-state index is -0.993. The molecular formula is C23H24ClN3O3. The summed E-state index contributed by atoms with van der Waals surface area (Å²) in [7, 11) is 0. The molecule has 1 aliphatic rings. The topological polar surface area (TPSA) is 64.4 Å². The van der Waals surface area contributed by atoms with Gasteiger partial charge in [0.2, 0.25) is 11.9 Å². The van der Waals surface area contributed by atoms with E-state index in [1.54, 1.807) is 24.0 Å². The van der Waals surface area contributed by atoms with E-state index in [2.05, 4.69) is 6.92 Å². The number of imidazole rings is 1. The zero-order valence-corrected chi connectivity index (χ0v) is 17.8. The van der Waals surface area contributed by atoms with Gasteiger partial charge in [0, 0.05) is 11.6 Å². The number of benzene rings is 2. The summed E-state index contributed by atoms with van der Waals surface area (Å²) in [6.45, 7) is 4.52. The molecule has 7 heteroatoms. The number of aromatic nitrogens is 2. The van der Waals surface area contributed by atoms with E-state index in [1.165, 1.54) is 0 Å². The summed E-state index contributed by atoms with van der Waals surface area (Å²) in [4.78, 5) is 33.0. The summed E-state index contributed by atoms with van der Waals surface area (Å²) >= 11 is 6.10. The van der Waals surface area contributed by atoms with Crippen molar-refractivity contribution in [2.45, 2.75) is 32.7 Å². The summed E-state index contributed by atoms with van der Waals surface area (Å²) in [6.07, 6.45) is 1.74. The van der Waals surface area contributed by atoms with Gasteiger partial charge in [0.1, 0.15) is 0 Å². The van der Waals surface area contributed by atoms with Gasteiger partial charge in [-0.2, -0.15) is 0 Å².